The van der Waals surface area contributed by atoms with Gasteiger partial charge in [0.25, 0.3) is 0 Å². The summed E-state index contributed by atoms with van der Waals surface area (Å²) in [5.41, 5.74) is -0.450. The molecule has 2 saturated heterocycles. The Labute approximate surface area is 204 Å². The van der Waals surface area contributed by atoms with Crippen LogP contribution in [0.15, 0.2) is 30.3 Å². The van der Waals surface area contributed by atoms with Gasteiger partial charge in [-0.25, -0.2) is 14.4 Å². The number of methoxy groups -OCH3 is 1. The van der Waals surface area contributed by atoms with Crippen molar-refractivity contribution in [1.82, 2.24) is 15.1 Å². The summed E-state index contributed by atoms with van der Waals surface area (Å²) in [4.78, 5) is 54.9. The van der Waals surface area contributed by atoms with Crippen molar-refractivity contribution in [3.05, 3.63) is 35.9 Å². The molecule has 4 rings (SSSR count). The molecule has 0 aromatic heterocycles. The predicted octanol–water partition coefficient (Wildman–Crippen LogP) is 2.45. The molecule has 190 valence electrons. The molecule has 1 aliphatic carbocycles. The van der Waals surface area contributed by atoms with E-state index in [-0.39, 0.29) is 19.1 Å². The van der Waals surface area contributed by atoms with Gasteiger partial charge in [-0.15, -0.1) is 0 Å². The first-order valence-corrected chi connectivity index (χ1v) is 11.9. The number of carbonyl (C=O) groups is 4. The van der Waals surface area contributed by atoms with Gasteiger partial charge < -0.3 is 29.3 Å². The highest BCUT2D eigenvalue weighted by Gasteiger charge is 2.67. The lowest BCUT2D eigenvalue weighted by Gasteiger charge is -2.38. The zero-order valence-corrected chi connectivity index (χ0v) is 20.6. The molecule has 1 spiro atoms. The normalized spacial score (nSPS) is 27.7. The van der Waals surface area contributed by atoms with Crippen LogP contribution in [0.2, 0.25) is 0 Å². The number of benzene rings is 1. The third kappa shape index (κ3) is 5.21. The number of nitrogens with zero attached hydrogens (tertiary/aromatic N) is 2. The van der Waals surface area contributed by atoms with Crippen LogP contribution < -0.4 is 5.32 Å². The third-order valence-corrected chi connectivity index (χ3v) is 6.85. The third-order valence-electron chi connectivity index (χ3n) is 6.85. The van der Waals surface area contributed by atoms with Gasteiger partial charge in [0.1, 0.15) is 24.3 Å². The van der Waals surface area contributed by atoms with E-state index < -0.39 is 47.3 Å². The molecule has 0 bridgehead atoms. The Morgan fingerprint density at radius 3 is 2.51 bits per heavy atom. The first-order chi connectivity index (χ1) is 16.5. The van der Waals surface area contributed by atoms with Crippen LogP contribution in [0.4, 0.5) is 9.59 Å². The van der Waals surface area contributed by atoms with E-state index in [0.717, 1.165) is 5.56 Å². The van der Waals surface area contributed by atoms with Gasteiger partial charge in [-0.3, -0.25) is 4.79 Å². The SMILES string of the molecule is COC(=O)[C@@H]1CCC23CC2CN(C(=O)OCc2ccccc2)C[C@H](NC(=O)OC(C)(C)C)C(=O)N13. The Morgan fingerprint density at radius 1 is 1.14 bits per heavy atom. The highest BCUT2D eigenvalue weighted by atomic mass is 16.6. The van der Waals surface area contributed by atoms with E-state index in [4.69, 9.17) is 14.2 Å². The lowest BCUT2D eigenvalue weighted by atomic mass is 10.1. The van der Waals surface area contributed by atoms with Gasteiger partial charge in [0.05, 0.1) is 13.7 Å². The molecule has 2 aliphatic heterocycles. The minimum absolute atomic E-state index is 0.0212. The van der Waals surface area contributed by atoms with Gasteiger partial charge in [-0.05, 0) is 45.6 Å². The maximum atomic E-state index is 13.8. The topological polar surface area (TPSA) is 114 Å². The maximum Gasteiger partial charge on any atom is 0.410 e. The molecule has 3 fully saturated rings. The molecular formula is C25H33N3O7. The number of hydrogen-bond donors (Lipinski definition) is 1. The Morgan fingerprint density at radius 2 is 1.86 bits per heavy atom. The van der Waals surface area contributed by atoms with Crippen LogP contribution in [0.5, 0.6) is 0 Å². The molecule has 2 heterocycles. The molecule has 4 atom stereocenters. The van der Waals surface area contributed by atoms with Crippen molar-refractivity contribution in [2.45, 2.75) is 69.9 Å². The summed E-state index contributed by atoms with van der Waals surface area (Å²) in [6.07, 6.45) is 0.454. The van der Waals surface area contributed by atoms with Crippen LogP contribution in [-0.2, 0) is 30.4 Å². The summed E-state index contributed by atoms with van der Waals surface area (Å²) in [7, 11) is 1.30. The Balaban J connectivity index is 1.56. The van der Waals surface area contributed by atoms with Crippen LogP contribution in [0.25, 0.3) is 0 Å². The number of rotatable bonds is 4. The number of hydrogen-bond acceptors (Lipinski definition) is 7. The van der Waals surface area contributed by atoms with Crippen molar-refractivity contribution in [3.8, 4) is 0 Å². The van der Waals surface area contributed by atoms with E-state index in [9.17, 15) is 19.2 Å². The van der Waals surface area contributed by atoms with Crippen molar-refractivity contribution < 1.29 is 33.4 Å². The number of nitrogens with one attached hydrogen (secondary N) is 1. The smallest absolute Gasteiger partial charge is 0.410 e. The molecule has 3 aliphatic rings. The highest BCUT2D eigenvalue weighted by molar-refractivity contribution is 5.92. The first kappa shape index (κ1) is 24.8. The van der Waals surface area contributed by atoms with Gasteiger partial charge in [0.2, 0.25) is 5.91 Å². The Kier molecular flexibility index (Phi) is 6.66. The summed E-state index contributed by atoms with van der Waals surface area (Å²) in [5, 5.41) is 2.62. The summed E-state index contributed by atoms with van der Waals surface area (Å²) >= 11 is 0. The second-order valence-electron chi connectivity index (χ2n) is 10.4. The van der Waals surface area contributed by atoms with Crippen molar-refractivity contribution >= 4 is 24.1 Å². The minimum atomic E-state index is -1.10. The van der Waals surface area contributed by atoms with E-state index in [0.29, 0.717) is 25.8 Å². The Bertz CT molecular complexity index is 993. The second kappa shape index (κ2) is 9.39. The summed E-state index contributed by atoms with van der Waals surface area (Å²) < 4.78 is 15.8. The summed E-state index contributed by atoms with van der Waals surface area (Å²) in [6, 6.07) is 7.50. The minimum Gasteiger partial charge on any atom is -0.467 e. The van der Waals surface area contributed by atoms with Crippen LogP contribution in [0.1, 0.15) is 45.6 Å². The van der Waals surface area contributed by atoms with Crippen LogP contribution in [0.3, 0.4) is 0 Å². The van der Waals surface area contributed by atoms with Crippen LogP contribution in [0, 0.1) is 5.92 Å². The fraction of sp³-hybridized carbons (Fsp3) is 0.600. The largest absolute Gasteiger partial charge is 0.467 e. The first-order valence-electron chi connectivity index (χ1n) is 11.9. The zero-order valence-electron chi connectivity index (χ0n) is 20.6. The molecule has 35 heavy (non-hydrogen) atoms. The number of esters is 1. The predicted molar refractivity (Wildman–Crippen MR) is 124 cm³/mol. The van der Waals surface area contributed by atoms with E-state index in [1.54, 1.807) is 25.7 Å². The number of carbonyl (C=O) groups excluding carboxylic acids is 4. The van der Waals surface area contributed by atoms with Crippen molar-refractivity contribution in [3.63, 3.8) is 0 Å². The average Bonchev–Trinajstić information content (AvgIpc) is 3.33. The molecule has 0 radical (unpaired) electrons. The van der Waals surface area contributed by atoms with Gasteiger partial charge >= 0.3 is 18.2 Å². The van der Waals surface area contributed by atoms with Gasteiger partial charge in [0.15, 0.2) is 0 Å². The quantitative estimate of drug-likeness (QED) is 0.512. The highest BCUT2D eigenvalue weighted by Crippen LogP contribution is 2.58. The number of amides is 3. The molecule has 3 amide bonds. The van der Waals surface area contributed by atoms with Crippen molar-refractivity contribution in [2.24, 2.45) is 5.92 Å². The fourth-order valence-corrected chi connectivity index (χ4v) is 5.21. The maximum absolute atomic E-state index is 13.8. The number of alkyl carbamates (subject to hydrolysis) is 1. The fourth-order valence-electron chi connectivity index (χ4n) is 5.21. The molecule has 10 heteroatoms. The van der Waals surface area contributed by atoms with Crippen LogP contribution >= 0.6 is 0 Å². The summed E-state index contributed by atoms with van der Waals surface area (Å²) in [5.74, 6) is -0.878. The van der Waals surface area contributed by atoms with Gasteiger partial charge in [0, 0.05) is 18.0 Å². The van der Waals surface area contributed by atoms with E-state index in [2.05, 4.69) is 5.32 Å². The van der Waals surface area contributed by atoms with Crippen LogP contribution in [-0.4, -0.2) is 77.3 Å². The molecule has 1 N–H and O–H groups in total. The van der Waals surface area contributed by atoms with Crippen molar-refractivity contribution in [1.29, 1.82) is 0 Å². The van der Waals surface area contributed by atoms with Crippen molar-refractivity contribution in [2.75, 3.05) is 20.2 Å². The summed E-state index contributed by atoms with van der Waals surface area (Å²) in [6.45, 7) is 5.52. The second-order valence-corrected chi connectivity index (χ2v) is 10.4. The van der Waals surface area contributed by atoms with Gasteiger partial charge in [-0.1, -0.05) is 30.3 Å². The number of ether oxygens (including phenoxy) is 3. The monoisotopic (exact) mass is 487 g/mol. The van der Waals surface area contributed by atoms with E-state index >= 15 is 0 Å². The lowest BCUT2D eigenvalue weighted by molar-refractivity contribution is -0.154. The molecule has 1 saturated carbocycles. The van der Waals surface area contributed by atoms with E-state index in [1.807, 2.05) is 30.3 Å². The Hall–Kier alpha value is -3.30. The standard InChI is InChI=1S/C25H33N3O7/c1-24(2,3)35-22(31)26-18-14-27(23(32)34-15-16-8-6-5-7-9-16)13-17-12-25(17)11-10-19(21(30)33-4)28(25)20(18)29/h5-9,17-19H,10-15H2,1-4H3,(H,26,31)/t17?,18-,19-,25?/m0/s1. The lowest BCUT2D eigenvalue weighted by Crippen LogP contribution is -2.61. The molecule has 1 aromatic rings. The molecule has 1 aromatic carbocycles. The molecule has 10 nitrogen and oxygen atoms in total. The van der Waals surface area contributed by atoms with Gasteiger partial charge in [-0.2, -0.15) is 0 Å². The molecular weight excluding hydrogens is 454 g/mol. The zero-order chi connectivity index (χ0) is 25.4. The molecule has 2 unspecified atom stereocenters. The average molecular weight is 488 g/mol. The van der Waals surface area contributed by atoms with E-state index in [1.165, 1.54) is 12.0 Å².